The number of carbonyl (C=O) groups is 3. The Morgan fingerprint density at radius 2 is 1.87 bits per heavy atom. The molecule has 1 saturated heterocycles. The number of rotatable bonds is 7. The fraction of sp³-hybridized carbons (Fsp3) is 0.286. The lowest BCUT2D eigenvalue weighted by Gasteiger charge is -2.21. The lowest BCUT2D eigenvalue weighted by molar-refractivity contribution is -0.134. The number of imide groups is 1. The van der Waals surface area contributed by atoms with Crippen LogP contribution in [0.15, 0.2) is 54.7 Å². The van der Waals surface area contributed by atoms with Crippen LogP contribution in [0.25, 0.3) is 5.65 Å². The molecule has 0 spiro atoms. The van der Waals surface area contributed by atoms with Gasteiger partial charge in [0, 0.05) is 6.20 Å². The van der Waals surface area contributed by atoms with Crippen molar-refractivity contribution in [3.63, 3.8) is 0 Å². The summed E-state index contributed by atoms with van der Waals surface area (Å²) in [6.45, 7) is 1.48. The van der Waals surface area contributed by atoms with Crippen LogP contribution in [0.2, 0.25) is 0 Å². The second kappa shape index (κ2) is 7.94. The Balaban J connectivity index is 1.35. The molecule has 0 radical (unpaired) electrons. The number of carbonyl (C=O) groups excluding carboxylic acids is 3. The number of nitrogens with zero attached hydrogens (tertiary/aromatic N) is 4. The predicted octanol–water partition coefficient (Wildman–Crippen LogP) is 1.29. The summed E-state index contributed by atoms with van der Waals surface area (Å²) in [5.41, 5.74) is 0.721. The van der Waals surface area contributed by atoms with Crippen molar-refractivity contribution < 1.29 is 14.4 Å². The second-order valence-electron chi connectivity index (χ2n) is 7.46. The van der Waals surface area contributed by atoms with Gasteiger partial charge in [0.05, 0.1) is 6.54 Å². The summed E-state index contributed by atoms with van der Waals surface area (Å²) in [7, 11) is 0. The van der Waals surface area contributed by atoms with Crippen molar-refractivity contribution in [2.75, 3.05) is 6.54 Å². The molecule has 0 bridgehead atoms. The summed E-state index contributed by atoms with van der Waals surface area (Å²) in [6.07, 6.45) is 2.89. The number of hydrogen-bond donors (Lipinski definition) is 2. The van der Waals surface area contributed by atoms with Crippen LogP contribution in [0.3, 0.4) is 0 Å². The summed E-state index contributed by atoms with van der Waals surface area (Å²) < 4.78 is 1.76. The van der Waals surface area contributed by atoms with Gasteiger partial charge in [-0.15, -0.1) is 10.2 Å². The van der Waals surface area contributed by atoms with E-state index in [0.29, 0.717) is 24.3 Å². The monoisotopic (exact) mass is 406 g/mol. The van der Waals surface area contributed by atoms with E-state index in [9.17, 15) is 14.4 Å². The van der Waals surface area contributed by atoms with E-state index in [1.54, 1.807) is 17.5 Å². The first kappa shape index (κ1) is 19.6. The van der Waals surface area contributed by atoms with Gasteiger partial charge in [-0.3, -0.25) is 18.9 Å². The smallest absolute Gasteiger partial charge is 0.325 e. The molecule has 1 aliphatic heterocycles. The normalized spacial score (nSPS) is 18.6. The van der Waals surface area contributed by atoms with Crippen molar-refractivity contribution in [2.24, 2.45) is 0 Å². The molecule has 0 unspecified atom stereocenters. The van der Waals surface area contributed by atoms with Crippen LogP contribution >= 0.6 is 0 Å². The molecule has 3 aromatic rings. The average molecular weight is 406 g/mol. The number of aromatic nitrogens is 3. The standard InChI is InChI=1S/C21H22N6O3/c1-21(11-10-15-7-3-2-4-8-15)19(29)27(20(30)23-21)14-18(28)22-13-17-25-24-16-9-5-6-12-26(16)17/h2-9,12H,10-11,13-14H2,1H3,(H,22,28)(H,23,30)/t21-/m1/s1. The maximum atomic E-state index is 12.8. The summed E-state index contributed by atoms with van der Waals surface area (Å²) >= 11 is 0. The van der Waals surface area contributed by atoms with E-state index in [1.165, 1.54) is 0 Å². The summed E-state index contributed by atoms with van der Waals surface area (Å²) in [4.78, 5) is 38.5. The third-order valence-electron chi connectivity index (χ3n) is 5.23. The van der Waals surface area contributed by atoms with Gasteiger partial charge in [-0.05, 0) is 37.5 Å². The van der Waals surface area contributed by atoms with Crippen LogP contribution in [0.4, 0.5) is 4.79 Å². The van der Waals surface area contributed by atoms with Gasteiger partial charge in [0.1, 0.15) is 12.1 Å². The maximum absolute atomic E-state index is 12.8. The van der Waals surface area contributed by atoms with Gasteiger partial charge >= 0.3 is 6.03 Å². The first-order valence-electron chi connectivity index (χ1n) is 9.70. The first-order valence-corrected chi connectivity index (χ1v) is 9.70. The van der Waals surface area contributed by atoms with E-state index in [0.717, 1.165) is 10.5 Å². The molecular weight excluding hydrogens is 384 g/mol. The summed E-state index contributed by atoms with van der Waals surface area (Å²) in [5, 5.41) is 13.5. The minimum atomic E-state index is -1.03. The Morgan fingerprint density at radius 1 is 1.10 bits per heavy atom. The quantitative estimate of drug-likeness (QED) is 0.575. The Hall–Kier alpha value is -3.75. The Bertz CT molecular complexity index is 1100. The molecule has 1 fully saturated rings. The zero-order valence-electron chi connectivity index (χ0n) is 16.5. The van der Waals surface area contributed by atoms with Gasteiger partial charge < -0.3 is 10.6 Å². The molecule has 1 aliphatic rings. The molecule has 3 heterocycles. The molecule has 1 atom stereocenters. The molecule has 4 rings (SSSR count). The molecule has 9 heteroatoms. The van der Waals surface area contributed by atoms with Gasteiger partial charge in [-0.1, -0.05) is 36.4 Å². The highest BCUT2D eigenvalue weighted by Gasteiger charge is 2.47. The van der Waals surface area contributed by atoms with Crippen molar-refractivity contribution in [3.8, 4) is 0 Å². The number of hydrogen-bond acceptors (Lipinski definition) is 5. The Kier molecular flexibility index (Phi) is 5.18. The topological polar surface area (TPSA) is 109 Å². The minimum Gasteiger partial charge on any atom is -0.347 e. The molecule has 1 aromatic carbocycles. The minimum absolute atomic E-state index is 0.138. The highest BCUT2D eigenvalue weighted by molar-refractivity contribution is 6.08. The van der Waals surface area contributed by atoms with Crippen LogP contribution in [0.1, 0.15) is 24.7 Å². The van der Waals surface area contributed by atoms with Gasteiger partial charge in [0.15, 0.2) is 11.5 Å². The molecular formula is C21H22N6O3. The van der Waals surface area contributed by atoms with Crippen molar-refractivity contribution in [1.82, 2.24) is 30.1 Å². The Labute approximate surface area is 173 Å². The van der Waals surface area contributed by atoms with Crippen molar-refractivity contribution in [2.45, 2.75) is 31.8 Å². The van der Waals surface area contributed by atoms with Crippen LogP contribution in [-0.4, -0.2) is 49.4 Å². The largest absolute Gasteiger partial charge is 0.347 e. The van der Waals surface area contributed by atoms with E-state index < -0.39 is 23.4 Å². The fourth-order valence-corrected chi connectivity index (χ4v) is 3.49. The second-order valence-corrected chi connectivity index (χ2v) is 7.46. The zero-order chi connectivity index (χ0) is 21.1. The number of nitrogens with one attached hydrogen (secondary N) is 2. The van der Waals surface area contributed by atoms with Gasteiger partial charge in [0.25, 0.3) is 5.91 Å². The molecule has 2 N–H and O–H groups in total. The Morgan fingerprint density at radius 3 is 2.67 bits per heavy atom. The van der Waals surface area contributed by atoms with Gasteiger partial charge in [0.2, 0.25) is 5.91 Å². The molecule has 0 aliphatic carbocycles. The van der Waals surface area contributed by atoms with Crippen molar-refractivity contribution >= 4 is 23.5 Å². The SMILES string of the molecule is C[C@]1(CCc2ccccc2)NC(=O)N(CC(=O)NCc2nnc3ccccn23)C1=O. The van der Waals surface area contributed by atoms with Crippen LogP contribution in [0.5, 0.6) is 0 Å². The summed E-state index contributed by atoms with van der Waals surface area (Å²) in [6, 6.07) is 14.7. The van der Waals surface area contributed by atoms with E-state index in [-0.39, 0.29) is 13.1 Å². The number of amides is 4. The van der Waals surface area contributed by atoms with Gasteiger partial charge in [-0.2, -0.15) is 0 Å². The number of pyridine rings is 1. The van der Waals surface area contributed by atoms with Crippen LogP contribution in [0, 0.1) is 0 Å². The lowest BCUT2D eigenvalue weighted by Crippen LogP contribution is -2.45. The van der Waals surface area contributed by atoms with Crippen LogP contribution in [-0.2, 0) is 22.6 Å². The highest BCUT2D eigenvalue weighted by atomic mass is 16.2. The van der Waals surface area contributed by atoms with E-state index in [1.807, 2.05) is 48.5 Å². The number of aryl methyl sites for hydroxylation is 1. The van der Waals surface area contributed by atoms with E-state index in [4.69, 9.17) is 0 Å². The van der Waals surface area contributed by atoms with E-state index >= 15 is 0 Å². The van der Waals surface area contributed by atoms with Crippen LogP contribution < -0.4 is 10.6 Å². The number of fused-ring (bicyclic) bond motifs is 1. The first-order chi connectivity index (χ1) is 14.5. The van der Waals surface area contributed by atoms with Crippen molar-refractivity contribution in [1.29, 1.82) is 0 Å². The molecule has 9 nitrogen and oxygen atoms in total. The predicted molar refractivity (Wildman–Crippen MR) is 108 cm³/mol. The average Bonchev–Trinajstić information content (AvgIpc) is 3.26. The molecule has 2 aromatic heterocycles. The highest BCUT2D eigenvalue weighted by Crippen LogP contribution is 2.23. The van der Waals surface area contributed by atoms with Crippen molar-refractivity contribution in [3.05, 3.63) is 66.1 Å². The summed E-state index contributed by atoms with van der Waals surface area (Å²) in [5.74, 6) is -0.283. The fourth-order valence-electron chi connectivity index (χ4n) is 3.49. The van der Waals surface area contributed by atoms with Gasteiger partial charge in [-0.25, -0.2) is 4.79 Å². The third-order valence-corrected chi connectivity index (χ3v) is 5.23. The number of urea groups is 1. The molecule has 0 saturated carbocycles. The van der Waals surface area contributed by atoms with E-state index in [2.05, 4.69) is 20.8 Å². The zero-order valence-corrected chi connectivity index (χ0v) is 16.5. The molecule has 30 heavy (non-hydrogen) atoms. The number of benzene rings is 1. The molecule has 4 amide bonds. The maximum Gasteiger partial charge on any atom is 0.325 e. The third kappa shape index (κ3) is 3.86. The lowest BCUT2D eigenvalue weighted by atomic mass is 9.93. The molecule has 154 valence electrons.